The van der Waals surface area contributed by atoms with Crippen molar-refractivity contribution in [3.63, 3.8) is 0 Å². The number of sulfonamides is 1. The third kappa shape index (κ3) is 4.97. The van der Waals surface area contributed by atoms with Crippen LogP contribution in [0.25, 0.3) is 10.9 Å². The van der Waals surface area contributed by atoms with Crippen molar-refractivity contribution in [1.82, 2.24) is 29.4 Å². The summed E-state index contributed by atoms with van der Waals surface area (Å²) < 4.78 is 34.0. The van der Waals surface area contributed by atoms with Gasteiger partial charge in [0.05, 0.1) is 18.3 Å². The first-order valence-corrected chi connectivity index (χ1v) is 13.5. The van der Waals surface area contributed by atoms with Crippen LogP contribution < -0.4 is 5.32 Å². The molecule has 3 N–H and O–H groups in total. The van der Waals surface area contributed by atoms with E-state index >= 15 is 0 Å². The standard InChI is InChI=1S/C23H27ClN6O6S/c1-28(2)21(32)9-15-12-29(37(34,35)20-8-13-7-14(24)3-4-16(13)26-20)5-6-30(15)23(33)22-27-17-10-19(31)25-11-18(17)36-22/h3-4,7-8,15,19,25-26,31H,5-6,9-12H2,1-2H3. The molecule has 2 aliphatic rings. The third-order valence-corrected chi connectivity index (χ3v) is 8.66. The molecule has 0 saturated carbocycles. The number of aromatic nitrogens is 2. The van der Waals surface area contributed by atoms with Crippen molar-refractivity contribution in [3.8, 4) is 0 Å². The van der Waals surface area contributed by atoms with Gasteiger partial charge in [-0.3, -0.25) is 14.9 Å². The van der Waals surface area contributed by atoms with Gasteiger partial charge in [0.15, 0.2) is 0 Å². The van der Waals surface area contributed by atoms with E-state index in [1.165, 1.54) is 20.2 Å². The van der Waals surface area contributed by atoms with Gasteiger partial charge in [-0.25, -0.2) is 13.4 Å². The molecule has 2 aromatic heterocycles. The molecule has 14 heteroatoms. The zero-order valence-electron chi connectivity index (χ0n) is 20.3. The molecule has 198 valence electrons. The largest absolute Gasteiger partial charge is 0.436 e. The van der Waals surface area contributed by atoms with Crippen LogP contribution in [-0.2, 0) is 27.8 Å². The monoisotopic (exact) mass is 550 g/mol. The molecule has 0 radical (unpaired) electrons. The summed E-state index contributed by atoms with van der Waals surface area (Å²) >= 11 is 6.04. The highest BCUT2D eigenvalue weighted by atomic mass is 35.5. The molecule has 4 heterocycles. The van der Waals surface area contributed by atoms with Crippen molar-refractivity contribution >= 4 is 44.3 Å². The summed E-state index contributed by atoms with van der Waals surface area (Å²) in [5, 5.41) is 13.8. The number of aromatic amines is 1. The Hall–Kier alpha value is -2.97. The summed E-state index contributed by atoms with van der Waals surface area (Å²) in [7, 11) is -0.753. The van der Waals surface area contributed by atoms with Gasteiger partial charge >= 0.3 is 5.91 Å². The molecule has 1 saturated heterocycles. The Morgan fingerprint density at radius 3 is 2.81 bits per heavy atom. The summed E-state index contributed by atoms with van der Waals surface area (Å²) in [5.41, 5.74) is 1.12. The van der Waals surface area contributed by atoms with Crippen LogP contribution >= 0.6 is 11.6 Å². The predicted octanol–water partition coefficient (Wildman–Crippen LogP) is 0.767. The lowest BCUT2D eigenvalue weighted by Gasteiger charge is -2.40. The number of halogens is 1. The van der Waals surface area contributed by atoms with E-state index in [2.05, 4.69) is 15.3 Å². The van der Waals surface area contributed by atoms with E-state index in [0.717, 1.165) is 0 Å². The molecule has 0 bridgehead atoms. The van der Waals surface area contributed by atoms with Crippen LogP contribution in [0.4, 0.5) is 0 Å². The summed E-state index contributed by atoms with van der Waals surface area (Å²) in [5.74, 6) is -0.458. The fraction of sp³-hybridized carbons (Fsp3) is 0.435. The zero-order chi connectivity index (χ0) is 26.5. The number of nitrogens with zero attached hydrogens (tertiary/aromatic N) is 4. The van der Waals surface area contributed by atoms with Gasteiger partial charge in [-0.1, -0.05) is 11.6 Å². The van der Waals surface area contributed by atoms with Crippen molar-refractivity contribution in [2.75, 3.05) is 33.7 Å². The van der Waals surface area contributed by atoms with Crippen LogP contribution in [0.3, 0.4) is 0 Å². The second-order valence-electron chi connectivity index (χ2n) is 9.36. The molecule has 0 spiro atoms. The number of amides is 2. The highest BCUT2D eigenvalue weighted by Crippen LogP contribution is 2.27. The van der Waals surface area contributed by atoms with Crippen molar-refractivity contribution in [3.05, 3.63) is 46.6 Å². The second kappa shape index (κ2) is 9.72. The topological polar surface area (TPSA) is 152 Å². The van der Waals surface area contributed by atoms with Gasteiger partial charge in [0, 0.05) is 62.5 Å². The zero-order valence-corrected chi connectivity index (χ0v) is 21.8. The molecule has 1 aromatic carbocycles. The van der Waals surface area contributed by atoms with Gasteiger partial charge < -0.3 is 24.3 Å². The number of nitrogens with one attached hydrogen (secondary N) is 2. The number of rotatable bonds is 5. The summed E-state index contributed by atoms with van der Waals surface area (Å²) in [4.78, 5) is 36.1. The van der Waals surface area contributed by atoms with Gasteiger partial charge in [0.1, 0.15) is 17.0 Å². The maximum absolute atomic E-state index is 13.5. The second-order valence-corrected chi connectivity index (χ2v) is 11.7. The summed E-state index contributed by atoms with van der Waals surface area (Å²) in [6, 6.07) is 5.83. The molecule has 2 atom stereocenters. The molecular weight excluding hydrogens is 524 g/mol. The van der Waals surface area contributed by atoms with Crippen LogP contribution in [-0.4, -0.2) is 95.4 Å². The highest BCUT2D eigenvalue weighted by Gasteiger charge is 2.40. The van der Waals surface area contributed by atoms with E-state index in [4.69, 9.17) is 16.0 Å². The van der Waals surface area contributed by atoms with E-state index in [-0.39, 0.29) is 55.8 Å². The maximum atomic E-state index is 13.5. The lowest BCUT2D eigenvalue weighted by Crippen LogP contribution is -2.57. The molecule has 3 aromatic rings. The lowest BCUT2D eigenvalue weighted by molar-refractivity contribution is -0.130. The van der Waals surface area contributed by atoms with Gasteiger partial charge in [0.25, 0.3) is 15.9 Å². The maximum Gasteiger partial charge on any atom is 0.310 e. The Kier molecular flexibility index (Phi) is 6.75. The minimum atomic E-state index is -3.95. The number of carbonyl (C=O) groups is 2. The third-order valence-electron chi connectivity index (χ3n) is 6.64. The number of H-pyrrole nitrogens is 1. The van der Waals surface area contributed by atoms with Crippen molar-refractivity contribution in [2.45, 2.75) is 36.7 Å². The van der Waals surface area contributed by atoms with Crippen molar-refractivity contribution in [2.24, 2.45) is 0 Å². The van der Waals surface area contributed by atoms with Crippen LogP contribution in [0.1, 0.15) is 28.6 Å². The van der Waals surface area contributed by atoms with E-state index in [0.29, 0.717) is 27.4 Å². The Morgan fingerprint density at radius 2 is 2.05 bits per heavy atom. The van der Waals surface area contributed by atoms with Gasteiger partial charge in [-0.2, -0.15) is 4.31 Å². The fourth-order valence-corrected chi connectivity index (χ4v) is 6.25. The lowest BCUT2D eigenvalue weighted by atomic mass is 10.1. The van der Waals surface area contributed by atoms with Gasteiger partial charge in [-0.05, 0) is 24.3 Å². The Morgan fingerprint density at radius 1 is 1.27 bits per heavy atom. The molecule has 12 nitrogen and oxygen atoms in total. The molecule has 2 aliphatic heterocycles. The Bertz CT molecular complexity index is 1470. The molecule has 2 amide bonds. The van der Waals surface area contributed by atoms with Crippen LogP contribution in [0, 0.1) is 0 Å². The quantitative estimate of drug-likeness (QED) is 0.421. The molecule has 1 fully saturated rings. The van der Waals surface area contributed by atoms with E-state index in [1.54, 1.807) is 32.3 Å². The molecule has 2 unspecified atom stereocenters. The van der Waals surface area contributed by atoms with E-state index in [9.17, 15) is 23.1 Å². The smallest absolute Gasteiger partial charge is 0.310 e. The molecule has 0 aliphatic carbocycles. The normalized spacial score (nSPS) is 20.7. The average molecular weight is 551 g/mol. The first-order valence-electron chi connectivity index (χ1n) is 11.7. The van der Waals surface area contributed by atoms with Crippen molar-refractivity contribution in [1.29, 1.82) is 0 Å². The summed E-state index contributed by atoms with van der Waals surface area (Å²) in [6.07, 6.45) is -0.648. The number of oxazole rings is 1. The summed E-state index contributed by atoms with van der Waals surface area (Å²) in [6.45, 7) is 0.229. The van der Waals surface area contributed by atoms with E-state index < -0.39 is 28.2 Å². The molecule has 37 heavy (non-hydrogen) atoms. The molecule has 5 rings (SSSR count). The SMILES string of the molecule is CN(C)C(=O)CC1CN(S(=O)(=O)c2cc3cc(Cl)ccc3[nH]2)CCN1C(=O)c1nc2c(o1)CNC(O)C2. The van der Waals surface area contributed by atoms with Gasteiger partial charge in [-0.15, -0.1) is 0 Å². The number of benzene rings is 1. The number of carbonyl (C=O) groups excluding carboxylic acids is 2. The molecular formula is C23H27ClN6O6S. The van der Waals surface area contributed by atoms with Gasteiger partial charge in [0.2, 0.25) is 5.91 Å². The van der Waals surface area contributed by atoms with Crippen molar-refractivity contribution < 1.29 is 27.5 Å². The highest BCUT2D eigenvalue weighted by molar-refractivity contribution is 7.89. The first-order chi connectivity index (χ1) is 17.5. The van der Waals surface area contributed by atoms with Crippen LogP contribution in [0.5, 0.6) is 0 Å². The number of fused-ring (bicyclic) bond motifs is 2. The fourth-order valence-electron chi connectivity index (χ4n) is 4.59. The first kappa shape index (κ1) is 25.7. The van der Waals surface area contributed by atoms with E-state index in [1.807, 2.05) is 0 Å². The van der Waals surface area contributed by atoms with Crippen LogP contribution in [0.2, 0.25) is 5.02 Å². The number of hydrogen-bond donors (Lipinski definition) is 3. The number of aliphatic hydroxyl groups excluding tert-OH is 1. The number of aliphatic hydroxyl groups is 1. The number of piperazine rings is 1. The predicted molar refractivity (Wildman–Crippen MR) is 133 cm³/mol. The number of hydrogen-bond acceptors (Lipinski definition) is 8. The minimum Gasteiger partial charge on any atom is -0.436 e. The Balaban J connectivity index is 1.41. The Labute approximate surface area is 218 Å². The minimum absolute atomic E-state index is 0.00802. The van der Waals surface area contributed by atoms with Crippen LogP contribution in [0.15, 0.2) is 33.7 Å². The average Bonchev–Trinajstić information content (AvgIpc) is 3.47.